The number of ether oxygens (including phenoxy) is 1. The first-order chi connectivity index (χ1) is 12.3. The Balaban J connectivity index is 1.52. The van der Waals surface area contributed by atoms with Gasteiger partial charge in [-0.2, -0.15) is 0 Å². The summed E-state index contributed by atoms with van der Waals surface area (Å²) in [6.45, 7) is 9.69. The van der Waals surface area contributed by atoms with Crippen molar-refractivity contribution in [2.24, 2.45) is 0 Å². The van der Waals surface area contributed by atoms with Gasteiger partial charge in [0.15, 0.2) is 5.82 Å². The fourth-order valence-electron chi connectivity index (χ4n) is 3.42. The summed E-state index contributed by atoms with van der Waals surface area (Å²) in [5, 5.41) is 8.76. The van der Waals surface area contributed by atoms with E-state index in [0.717, 1.165) is 17.3 Å². The molecule has 8 heteroatoms. The van der Waals surface area contributed by atoms with Gasteiger partial charge >= 0.3 is 6.09 Å². The first-order valence-corrected chi connectivity index (χ1v) is 9.28. The van der Waals surface area contributed by atoms with Gasteiger partial charge in [-0.3, -0.25) is 4.40 Å². The van der Waals surface area contributed by atoms with Gasteiger partial charge < -0.3 is 14.5 Å². The van der Waals surface area contributed by atoms with Crippen LogP contribution in [-0.4, -0.2) is 61.9 Å². The van der Waals surface area contributed by atoms with Gasteiger partial charge in [-0.15, -0.1) is 10.2 Å². The third kappa shape index (κ3) is 3.20. The molecule has 1 aliphatic heterocycles. The van der Waals surface area contributed by atoms with Gasteiger partial charge in [0.25, 0.3) is 0 Å². The van der Waals surface area contributed by atoms with Crippen LogP contribution in [0.25, 0.3) is 5.65 Å². The monoisotopic (exact) mass is 358 g/mol. The van der Waals surface area contributed by atoms with Crippen LogP contribution in [0.4, 0.5) is 10.6 Å². The summed E-state index contributed by atoms with van der Waals surface area (Å²) in [6, 6.07) is 0.0338. The second kappa shape index (κ2) is 6.10. The van der Waals surface area contributed by atoms with Gasteiger partial charge in [0.1, 0.15) is 11.4 Å². The molecule has 2 aromatic rings. The van der Waals surface area contributed by atoms with Crippen molar-refractivity contribution in [2.75, 3.05) is 24.5 Å². The molecule has 0 aromatic carbocycles. The zero-order valence-corrected chi connectivity index (χ0v) is 15.8. The van der Waals surface area contributed by atoms with E-state index in [1.165, 1.54) is 12.8 Å². The van der Waals surface area contributed by atoms with Crippen LogP contribution >= 0.6 is 0 Å². The quantitative estimate of drug-likeness (QED) is 0.821. The molecule has 26 heavy (non-hydrogen) atoms. The Morgan fingerprint density at radius 2 is 2.00 bits per heavy atom. The van der Waals surface area contributed by atoms with Gasteiger partial charge in [-0.25, -0.2) is 9.78 Å². The molecule has 0 spiro atoms. The fourth-order valence-corrected chi connectivity index (χ4v) is 3.42. The van der Waals surface area contributed by atoms with E-state index in [2.05, 4.69) is 24.5 Å². The van der Waals surface area contributed by atoms with Crippen molar-refractivity contribution in [1.82, 2.24) is 24.5 Å². The van der Waals surface area contributed by atoms with Crippen LogP contribution in [0, 0.1) is 0 Å². The Kier molecular flexibility index (Phi) is 4.00. The van der Waals surface area contributed by atoms with Crippen molar-refractivity contribution < 1.29 is 9.53 Å². The molecule has 8 nitrogen and oxygen atoms in total. The van der Waals surface area contributed by atoms with E-state index in [0.29, 0.717) is 25.6 Å². The van der Waals surface area contributed by atoms with Crippen molar-refractivity contribution in [3.05, 3.63) is 18.2 Å². The molecule has 140 valence electrons. The average Bonchev–Trinajstić information content (AvgIpc) is 3.31. The first-order valence-electron chi connectivity index (χ1n) is 9.28. The van der Waals surface area contributed by atoms with Crippen molar-refractivity contribution in [2.45, 2.75) is 58.1 Å². The molecule has 4 rings (SSSR count). The Bertz CT molecular complexity index is 823. The molecule has 2 aliphatic rings. The van der Waals surface area contributed by atoms with Crippen molar-refractivity contribution in [1.29, 1.82) is 0 Å². The number of carbonyl (C=O) groups is 1. The molecule has 1 aliphatic carbocycles. The van der Waals surface area contributed by atoms with Gasteiger partial charge in [0.05, 0.1) is 0 Å². The number of fused-ring (bicyclic) bond motifs is 1. The third-order valence-electron chi connectivity index (χ3n) is 4.83. The molecule has 1 saturated heterocycles. The van der Waals surface area contributed by atoms with Gasteiger partial charge in [0.2, 0.25) is 5.65 Å². The number of hydrogen-bond acceptors (Lipinski definition) is 6. The van der Waals surface area contributed by atoms with Crippen LogP contribution in [-0.2, 0) is 4.74 Å². The number of carbonyl (C=O) groups excluding carboxylic acids is 1. The number of aromatic nitrogens is 4. The molecule has 1 atom stereocenters. The van der Waals surface area contributed by atoms with E-state index in [4.69, 9.17) is 4.74 Å². The van der Waals surface area contributed by atoms with E-state index in [1.54, 1.807) is 4.90 Å². The summed E-state index contributed by atoms with van der Waals surface area (Å²) in [7, 11) is 0. The summed E-state index contributed by atoms with van der Waals surface area (Å²) in [4.78, 5) is 20.9. The lowest BCUT2D eigenvalue weighted by Gasteiger charge is -2.40. The summed E-state index contributed by atoms with van der Waals surface area (Å²) >= 11 is 0. The molecule has 0 unspecified atom stereocenters. The zero-order valence-electron chi connectivity index (χ0n) is 15.8. The molecule has 1 saturated carbocycles. The van der Waals surface area contributed by atoms with Crippen LogP contribution in [0.2, 0.25) is 0 Å². The van der Waals surface area contributed by atoms with Crippen LogP contribution in [0.3, 0.4) is 0 Å². The molecule has 0 N–H and O–H groups in total. The average molecular weight is 358 g/mol. The Morgan fingerprint density at radius 1 is 1.23 bits per heavy atom. The molecule has 1 amide bonds. The van der Waals surface area contributed by atoms with Crippen LogP contribution < -0.4 is 4.90 Å². The predicted molar refractivity (Wildman–Crippen MR) is 97.4 cm³/mol. The standard InChI is InChI=1S/C18H26N6O2/c1-12-11-22(9-10-23(12)17(25)26-18(2,3)4)15-16-21-20-14(13-5-6-13)24(16)8-7-19-15/h7-8,12-13H,5-6,9-11H2,1-4H3/t12-/m1/s1. The molecule has 2 fully saturated rings. The summed E-state index contributed by atoms with van der Waals surface area (Å²) in [5.41, 5.74) is 0.314. The number of piperazine rings is 1. The Morgan fingerprint density at radius 3 is 2.65 bits per heavy atom. The summed E-state index contributed by atoms with van der Waals surface area (Å²) in [5.74, 6) is 2.40. The molecular weight excluding hydrogens is 332 g/mol. The van der Waals surface area contributed by atoms with Crippen LogP contribution in [0.5, 0.6) is 0 Å². The second-order valence-electron chi connectivity index (χ2n) is 8.25. The van der Waals surface area contributed by atoms with E-state index in [1.807, 2.05) is 40.1 Å². The maximum atomic E-state index is 12.4. The maximum absolute atomic E-state index is 12.4. The highest BCUT2D eigenvalue weighted by Crippen LogP contribution is 2.39. The number of hydrogen-bond donors (Lipinski definition) is 0. The van der Waals surface area contributed by atoms with E-state index < -0.39 is 5.60 Å². The molecule has 0 radical (unpaired) electrons. The van der Waals surface area contributed by atoms with Crippen molar-refractivity contribution in [3.8, 4) is 0 Å². The minimum absolute atomic E-state index is 0.0338. The lowest BCUT2D eigenvalue weighted by atomic mass is 10.2. The number of anilines is 1. The zero-order chi connectivity index (χ0) is 18.5. The molecule has 0 bridgehead atoms. The normalized spacial score (nSPS) is 21.3. The highest BCUT2D eigenvalue weighted by molar-refractivity contribution is 5.70. The lowest BCUT2D eigenvalue weighted by Crippen LogP contribution is -2.55. The molecular formula is C18H26N6O2. The van der Waals surface area contributed by atoms with Crippen LogP contribution in [0.1, 0.15) is 52.3 Å². The minimum Gasteiger partial charge on any atom is -0.444 e. The van der Waals surface area contributed by atoms with E-state index in [-0.39, 0.29) is 12.1 Å². The van der Waals surface area contributed by atoms with Gasteiger partial charge in [-0.05, 0) is 40.5 Å². The van der Waals surface area contributed by atoms with Crippen molar-refractivity contribution in [3.63, 3.8) is 0 Å². The van der Waals surface area contributed by atoms with E-state index >= 15 is 0 Å². The van der Waals surface area contributed by atoms with Gasteiger partial charge in [-0.1, -0.05) is 0 Å². The second-order valence-corrected chi connectivity index (χ2v) is 8.25. The Hall–Kier alpha value is -2.38. The molecule has 3 heterocycles. The highest BCUT2D eigenvalue weighted by atomic mass is 16.6. The van der Waals surface area contributed by atoms with Crippen LogP contribution in [0.15, 0.2) is 12.4 Å². The molecule has 2 aromatic heterocycles. The number of amides is 1. The minimum atomic E-state index is -0.484. The fraction of sp³-hybridized carbons (Fsp3) is 0.667. The smallest absolute Gasteiger partial charge is 0.410 e. The summed E-state index contributed by atoms with van der Waals surface area (Å²) < 4.78 is 7.58. The maximum Gasteiger partial charge on any atom is 0.410 e. The highest BCUT2D eigenvalue weighted by Gasteiger charge is 2.33. The SMILES string of the molecule is C[C@@H]1CN(c2nccn3c(C4CC4)nnc23)CCN1C(=O)OC(C)(C)C. The lowest BCUT2D eigenvalue weighted by molar-refractivity contribution is 0.0159. The topological polar surface area (TPSA) is 75.9 Å². The summed E-state index contributed by atoms with van der Waals surface area (Å²) in [6.07, 6.45) is 5.86. The number of rotatable bonds is 2. The Labute approximate surface area is 153 Å². The van der Waals surface area contributed by atoms with Gasteiger partial charge in [0, 0.05) is 44.0 Å². The third-order valence-corrected chi connectivity index (χ3v) is 4.83. The largest absolute Gasteiger partial charge is 0.444 e. The predicted octanol–water partition coefficient (Wildman–Crippen LogP) is 2.45. The number of nitrogens with zero attached hydrogens (tertiary/aromatic N) is 6. The van der Waals surface area contributed by atoms with E-state index in [9.17, 15) is 4.79 Å². The first kappa shape index (κ1) is 17.1. The van der Waals surface area contributed by atoms with Crippen molar-refractivity contribution >= 4 is 17.6 Å².